The molecule has 38 heavy (non-hydrogen) atoms. The summed E-state index contributed by atoms with van der Waals surface area (Å²) in [6.07, 6.45) is 7.96. The summed E-state index contributed by atoms with van der Waals surface area (Å²) in [6.45, 7) is 13.1. The van der Waals surface area contributed by atoms with E-state index < -0.39 is 29.1 Å². The largest absolute Gasteiger partial charge is 0.396 e. The summed E-state index contributed by atoms with van der Waals surface area (Å²) in [5, 5.41) is 44.4. The average Bonchev–Trinajstić information content (AvgIpc) is 2.85. The monoisotopic (exact) mass is 550 g/mol. The Hall–Kier alpha value is -0.600. The van der Waals surface area contributed by atoms with Crippen molar-refractivity contribution in [2.24, 2.45) is 50.2 Å². The zero-order valence-corrected chi connectivity index (χ0v) is 25.2. The highest BCUT2D eigenvalue weighted by Crippen LogP contribution is 2.75. The van der Waals surface area contributed by atoms with Crippen molar-refractivity contribution >= 4 is 18.0 Å². The van der Waals surface area contributed by atoms with Crippen molar-refractivity contribution in [2.75, 3.05) is 12.9 Å². The van der Waals surface area contributed by atoms with Crippen molar-refractivity contribution < 1.29 is 29.4 Å². The van der Waals surface area contributed by atoms with E-state index in [1.54, 1.807) is 6.26 Å². The first-order chi connectivity index (χ1) is 17.6. The van der Waals surface area contributed by atoms with Crippen LogP contribution in [0.4, 0.5) is 0 Å². The first kappa shape index (κ1) is 28.9. The van der Waals surface area contributed by atoms with E-state index in [2.05, 4.69) is 40.7 Å². The van der Waals surface area contributed by atoms with Gasteiger partial charge in [-0.15, -0.1) is 0 Å². The smallest absolute Gasteiger partial charge is 0.324 e. The van der Waals surface area contributed by atoms with Gasteiger partial charge in [0, 0.05) is 17.6 Å². The van der Waals surface area contributed by atoms with Crippen LogP contribution in [0.25, 0.3) is 0 Å². The number of allylic oxidation sites excluding steroid dienone is 1. The van der Waals surface area contributed by atoms with Gasteiger partial charge >= 0.3 is 5.97 Å². The molecule has 0 bridgehead atoms. The molecule has 0 saturated heterocycles. The van der Waals surface area contributed by atoms with E-state index in [1.165, 1.54) is 5.57 Å². The number of carbonyl (C=O) groups excluding carboxylic acids is 1. The van der Waals surface area contributed by atoms with Gasteiger partial charge in [-0.25, -0.2) is 0 Å². The third-order valence-electron chi connectivity index (χ3n) is 13.5. The zero-order valence-electron chi connectivity index (χ0n) is 24.4. The molecular weight excluding hydrogens is 500 g/mol. The van der Waals surface area contributed by atoms with Crippen LogP contribution in [0.3, 0.4) is 0 Å². The van der Waals surface area contributed by atoms with Gasteiger partial charge in [0.1, 0.15) is 0 Å². The molecule has 4 N–H and O–H groups in total. The Balaban J connectivity index is 1.63. The summed E-state index contributed by atoms with van der Waals surface area (Å²) < 4.78 is 5.61. The highest BCUT2D eigenvalue weighted by atomic mass is 32.2. The van der Waals surface area contributed by atoms with Gasteiger partial charge < -0.3 is 24.6 Å². The molecule has 0 spiro atoms. The lowest BCUT2D eigenvalue weighted by Gasteiger charge is -2.71. The minimum absolute atomic E-state index is 0.0996. The molecule has 0 aromatic rings. The van der Waals surface area contributed by atoms with Gasteiger partial charge in [-0.3, -0.25) is 4.79 Å². The number of hydrogen-bond donors (Lipinski definition) is 4. The maximum atomic E-state index is 13.6. The summed E-state index contributed by atoms with van der Waals surface area (Å²) in [6, 6.07) is 0. The second-order valence-electron chi connectivity index (χ2n) is 15.3. The number of aliphatic hydroxyl groups is 4. The van der Waals surface area contributed by atoms with Crippen molar-refractivity contribution in [3.63, 3.8) is 0 Å². The third-order valence-corrected chi connectivity index (χ3v) is 13.8. The predicted molar refractivity (Wildman–Crippen MR) is 149 cm³/mol. The van der Waals surface area contributed by atoms with Gasteiger partial charge in [0.05, 0.1) is 42.4 Å². The Labute approximate surface area is 233 Å². The average molecular weight is 551 g/mol. The van der Waals surface area contributed by atoms with Crippen LogP contribution in [0.15, 0.2) is 11.6 Å². The van der Waals surface area contributed by atoms with Crippen LogP contribution in [-0.2, 0) is 8.98 Å². The first-order valence-corrected chi connectivity index (χ1v) is 15.8. The van der Waals surface area contributed by atoms with Crippen molar-refractivity contribution in [3.8, 4) is 0 Å². The number of rotatable bonds is 3. The molecule has 0 aromatic heterocycles. The topological polar surface area (TPSA) is 107 Å². The molecule has 6 nitrogen and oxygen atoms in total. The van der Waals surface area contributed by atoms with E-state index in [-0.39, 0.29) is 52.0 Å². The normalized spacial score (nSPS) is 53.5. The summed E-state index contributed by atoms with van der Waals surface area (Å²) in [7, 11) is 0. The van der Waals surface area contributed by atoms with Crippen molar-refractivity contribution in [2.45, 2.75) is 111 Å². The van der Waals surface area contributed by atoms with Gasteiger partial charge in [0.2, 0.25) is 0 Å². The lowest BCUT2D eigenvalue weighted by molar-refractivity contribution is -0.245. The Morgan fingerprint density at radius 2 is 1.63 bits per heavy atom. The molecule has 0 heterocycles. The molecular formula is C31H50O6S. The van der Waals surface area contributed by atoms with Crippen LogP contribution in [0.1, 0.15) is 92.9 Å². The lowest BCUT2D eigenvalue weighted by Crippen LogP contribution is -2.69. The maximum Gasteiger partial charge on any atom is 0.324 e. The molecule has 0 radical (unpaired) electrons. The van der Waals surface area contributed by atoms with Crippen LogP contribution >= 0.6 is 12.0 Å². The van der Waals surface area contributed by atoms with Gasteiger partial charge in [-0.2, -0.15) is 0 Å². The molecule has 5 rings (SSSR count). The fourth-order valence-corrected chi connectivity index (χ4v) is 11.2. The van der Waals surface area contributed by atoms with Gasteiger partial charge in [0.15, 0.2) is 0 Å². The van der Waals surface area contributed by atoms with E-state index in [0.29, 0.717) is 12.8 Å². The van der Waals surface area contributed by atoms with Crippen molar-refractivity contribution in [1.82, 2.24) is 0 Å². The van der Waals surface area contributed by atoms with Crippen LogP contribution < -0.4 is 0 Å². The minimum atomic E-state index is -0.933. The number of aliphatic hydroxyl groups excluding tert-OH is 4. The Bertz CT molecular complexity index is 1010. The molecule has 4 saturated carbocycles. The highest BCUT2D eigenvalue weighted by molar-refractivity contribution is 7.94. The van der Waals surface area contributed by atoms with E-state index >= 15 is 0 Å². The van der Waals surface area contributed by atoms with E-state index in [0.717, 1.165) is 50.6 Å². The Morgan fingerprint density at radius 1 is 0.974 bits per heavy atom. The van der Waals surface area contributed by atoms with E-state index in [9.17, 15) is 25.2 Å². The molecule has 216 valence electrons. The fraction of sp³-hybridized carbons (Fsp3) is 0.903. The number of fused-ring (bicyclic) bond motifs is 7. The molecule has 11 unspecified atom stereocenters. The first-order valence-electron chi connectivity index (χ1n) is 14.7. The molecule has 7 heteroatoms. The fourth-order valence-electron chi connectivity index (χ4n) is 10.9. The lowest BCUT2D eigenvalue weighted by atomic mass is 9.33. The van der Waals surface area contributed by atoms with Crippen molar-refractivity contribution in [3.05, 3.63) is 11.6 Å². The zero-order chi connectivity index (χ0) is 28.1. The molecule has 0 aliphatic heterocycles. The summed E-state index contributed by atoms with van der Waals surface area (Å²) in [4.78, 5) is 13.6. The summed E-state index contributed by atoms with van der Waals surface area (Å²) in [5.41, 5.74) is -1.05. The molecule has 4 fully saturated rings. The second kappa shape index (κ2) is 8.95. The molecule has 5 aliphatic rings. The Kier molecular flexibility index (Phi) is 6.81. The SMILES string of the molecule is CSOC(=O)C12CCC(C)(C)C(O)C1C1=CCC3C4(C)CC(O)C(O)C(C)(CO)C4CCC3(C)C1(C)CC2. The highest BCUT2D eigenvalue weighted by Gasteiger charge is 2.71. The minimum Gasteiger partial charge on any atom is -0.396 e. The van der Waals surface area contributed by atoms with Crippen LogP contribution in [0.5, 0.6) is 0 Å². The number of carbonyl (C=O) groups is 1. The summed E-state index contributed by atoms with van der Waals surface area (Å²) in [5.74, 6) is -0.0867. The van der Waals surface area contributed by atoms with Crippen LogP contribution in [0.2, 0.25) is 0 Å². The third kappa shape index (κ3) is 3.44. The van der Waals surface area contributed by atoms with Gasteiger partial charge in [0.25, 0.3) is 0 Å². The van der Waals surface area contributed by atoms with Gasteiger partial charge in [-0.1, -0.05) is 53.2 Å². The standard InChI is InChI=1S/C31H50O6S/c1-26(2)12-14-31(25(36)37-38-7)15-13-29(5)18(22(31)24(26)35)8-9-21-27(3)16-19(33)23(34)28(4,17-32)20(27)10-11-30(21,29)6/h8,19-24,32-35H,9-17H2,1-7H3. The second-order valence-corrected chi connectivity index (χ2v) is 15.8. The van der Waals surface area contributed by atoms with Gasteiger partial charge in [-0.05, 0) is 84.9 Å². The van der Waals surface area contributed by atoms with Crippen LogP contribution in [0, 0.1) is 50.2 Å². The Morgan fingerprint density at radius 3 is 2.26 bits per heavy atom. The molecule has 0 aromatic carbocycles. The van der Waals surface area contributed by atoms with Crippen molar-refractivity contribution in [1.29, 1.82) is 0 Å². The quantitative estimate of drug-likeness (QED) is 0.293. The summed E-state index contributed by atoms with van der Waals surface area (Å²) >= 11 is 1.10. The molecule has 11 atom stereocenters. The van der Waals surface area contributed by atoms with E-state index in [4.69, 9.17) is 4.18 Å². The predicted octanol–water partition coefficient (Wildman–Crippen LogP) is 4.88. The number of hydrogen-bond acceptors (Lipinski definition) is 7. The molecule has 5 aliphatic carbocycles. The maximum absolute atomic E-state index is 13.6. The molecule has 0 amide bonds. The van der Waals surface area contributed by atoms with E-state index in [1.807, 2.05) is 6.92 Å². The van der Waals surface area contributed by atoms with Crippen LogP contribution in [-0.4, -0.2) is 57.6 Å².